The molecule has 2 heterocycles. The molecule has 0 unspecified atom stereocenters. The Hall–Kier alpha value is -2.96. The molecule has 0 saturated carbocycles. The highest BCUT2D eigenvalue weighted by Gasteiger charge is 2.09. The van der Waals surface area contributed by atoms with Crippen molar-refractivity contribution in [2.45, 2.75) is 6.54 Å². The van der Waals surface area contributed by atoms with Gasteiger partial charge in [0.2, 0.25) is 6.41 Å². The van der Waals surface area contributed by atoms with E-state index in [1.165, 1.54) is 10.9 Å². The number of hydrogen-bond acceptors (Lipinski definition) is 4. The van der Waals surface area contributed by atoms with Gasteiger partial charge >= 0.3 is 0 Å². The smallest absolute Gasteiger partial charge is 0.281 e. The van der Waals surface area contributed by atoms with E-state index < -0.39 is 0 Å². The van der Waals surface area contributed by atoms with E-state index in [9.17, 15) is 9.59 Å². The highest BCUT2D eigenvalue weighted by Crippen LogP contribution is 2.13. The molecule has 0 aliphatic rings. The molecule has 3 aromatic rings. The maximum atomic E-state index is 11.9. The summed E-state index contributed by atoms with van der Waals surface area (Å²) in [5.74, 6) is 0. The Morgan fingerprint density at radius 2 is 2.14 bits per heavy atom. The van der Waals surface area contributed by atoms with E-state index in [-0.39, 0.29) is 5.56 Å². The van der Waals surface area contributed by atoms with Crippen molar-refractivity contribution < 1.29 is 4.79 Å². The van der Waals surface area contributed by atoms with E-state index in [2.05, 4.69) is 15.3 Å². The van der Waals surface area contributed by atoms with Crippen LogP contribution in [0.15, 0.2) is 41.7 Å². The Balaban J connectivity index is 1.99. The zero-order valence-electron chi connectivity index (χ0n) is 11.4. The summed E-state index contributed by atoms with van der Waals surface area (Å²) >= 11 is 0. The molecule has 106 valence electrons. The van der Waals surface area contributed by atoms with E-state index in [4.69, 9.17) is 0 Å². The van der Waals surface area contributed by atoms with Crippen molar-refractivity contribution in [1.82, 2.24) is 19.1 Å². The molecule has 1 N–H and O–H groups in total. The summed E-state index contributed by atoms with van der Waals surface area (Å²) in [7, 11) is 1.64. The molecule has 0 saturated heterocycles. The third-order valence-electron chi connectivity index (χ3n) is 3.19. The SMILES string of the molecule is Cn1cnc2c(ncn2Cc2cccc(NC=O)c2)c1=O. The molecule has 0 radical (unpaired) electrons. The Morgan fingerprint density at radius 3 is 2.95 bits per heavy atom. The fourth-order valence-electron chi connectivity index (χ4n) is 2.16. The van der Waals surface area contributed by atoms with Gasteiger partial charge in [-0.15, -0.1) is 0 Å². The van der Waals surface area contributed by atoms with Crippen LogP contribution in [-0.2, 0) is 18.4 Å². The predicted molar refractivity (Wildman–Crippen MR) is 78.0 cm³/mol. The maximum absolute atomic E-state index is 11.9. The van der Waals surface area contributed by atoms with Crippen LogP contribution in [0.3, 0.4) is 0 Å². The van der Waals surface area contributed by atoms with Crippen LogP contribution in [0.1, 0.15) is 5.56 Å². The van der Waals surface area contributed by atoms with Gasteiger partial charge in [-0.3, -0.25) is 9.59 Å². The summed E-state index contributed by atoms with van der Waals surface area (Å²) in [4.78, 5) is 30.8. The molecule has 0 aliphatic heterocycles. The molecule has 2 aromatic heterocycles. The van der Waals surface area contributed by atoms with Crippen molar-refractivity contribution in [1.29, 1.82) is 0 Å². The first-order chi connectivity index (χ1) is 10.2. The number of carbonyl (C=O) groups excluding carboxylic acids is 1. The number of aryl methyl sites for hydroxylation is 1. The number of nitrogens with one attached hydrogen (secondary N) is 1. The summed E-state index contributed by atoms with van der Waals surface area (Å²) in [6, 6.07) is 7.45. The minimum absolute atomic E-state index is 0.171. The molecule has 7 heteroatoms. The Kier molecular flexibility index (Phi) is 3.23. The summed E-state index contributed by atoms with van der Waals surface area (Å²) in [5, 5.41) is 2.61. The summed E-state index contributed by atoms with van der Waals surface area (Å²) in [6.45, 7) is 0.519. The minimum atomic E-state index is -0.171. The van der Waals surface area contributed by atoms with Crippen molar-refractivity contribution in [3.63, 3.8) is 0 Å². The molecule has 3 rings (SSSR count). The molecule has 1 aromatic carbocycles. The standard InChI is InChI=1S/C14H13N5O2/c1-18-7-16-13-12(14(18)21)15-8-19(13)6-10-3-2-4-11(5-10)17-9-20/h2-5,7-9H,6H2,1H3,(H,17,20). The van der Waals surface area contributed by atoms with Crippen LogP contribution >= 0.6 is 0 Å². The van der Waals surface area contributed by atoms with Gasteiger partial charge in [0.05, 0.1) is 19.2 Å². The van der Waals surface area contributed by atoms with Gasteiger partial charge in [0.25, 0.3) is 5.56 Å². The highest BCUT2D eigenvalue weighted by molar-refractivity contribution is 5.71. The molecule has 0 aliphatic carbocycles. The maximum Gasteiger partial charge on any atom is 0.281 e. The van der Waals surface area contributed by atoms with Crippen LogP contribution < -0.4 is 10.9 Å². The van der Waals surface area contributed by atoms with Crippen LogP contribution in [-0.4, -0.2) is 25.5 Å². The Labute approximate surface area is 119 Å². The Morgan fingerprint density at radius 1 is 1.29 bits per heavy atom. The molecule has 21 heavy (non-hydrogen) atoms. The molecule has 7 nitrogen and oxygen atoms in total. The van der Waals surface area contributed by atoms with Gasteiger partial charge in [0.1, 0.15) is 0 Å². The topological polar surface area (TPSA) is 81.8 Å². The van der Waals surface area contributed by atoms with Crippen LogP contribution in [0.4, 0.5) is 5.69 Å². The van der Waals surface area contributed by atoms with Crippen LogP contribution in [0.25, 0.3) is 11.2 Å². The van der Waals surface area contributed by atoms with Gasteiger partial charge in [-0.2, -0.15) is 0 Å². The second-order valence-corrected chi connectivity index (χ2v) is 4.67. The van der Waals surface area contributed by atoms with Crippen LogP contribution in [0.5, 0.6) is 0 Å². The van der Waals surface area contributed by atoms with E-state index in [0.717, 1.165) is 11.3 Å². The summed E-state index contributed by atoms with van der Waals surface area (Å²) in [6.07, 6.45) is 3.71. The second-order valence-electron chi connectivity index (χ2n) is 4.67. The third-order valence-corrected chi connectivity index (χ3v) is 3.19. The average molecular weight is 283 g/mol. The number of amides is 1. The van der Waals surface area contributed by atoms with Gasteiger partial charge in [0.15, 0.2) is 11.2 Å². The molecule has 0 fully saturated rings. The number of nitrogens with zero attached hydrogens (tertiary/aromatic N) is 4. The number of fused-ring (bicyclic) bond motifs is 1. The molecule has 0 atom stereocenters. The summed E-state index contributed by atoms with van der Waals surface area (Å²) < 4.78 is 3.20. The van der Waals surface area contributed by atoms with E-state index in [0.29, 0.717) is 24.1 Å². The molecule has 1 amide bonds. The lowest BCUT2D eigenvalue weighted by atomic mass is 10.2. The number of rotatable bonds is 4. The van der Waals surface area contributed by atoms with Gasteiger partial charge in [-0.05, 0) is 17.7 Å². The van der Waals surface area contributed by atoms with Crippen molar-refractivity contribution in [3.05, 3.63) is 52.8 Å². The van der Waals surface area contributed by atoms with E-state index in [1.54, 1.807) is 24.0 Å². The quantitative estimate of drug-likeness (QED) is 0.716. The normalized spacial score (nSPS) is 10.7. The van der Waals surface area contributed by atoms with Crippen molar-refractivity contribution in [2.75, 3.05) is 5.32 Å². The zero-order chi connectivity index (χ0) is 14.8. The lowest BCUT2D eigenvalue weighted by Crippen LogP contribution is -2.17. The van der Waals surface area contributed by atoms with Crippen molar-refractivity contribution in [2.24, 2.45) is 7.05 Å². The first kappa shape index (κ1) is 13.0. The van der Waals surface area contributed by atoms with Gasteiger partial charge in [-0.1, -0.05) is 12.1 Å². The lowest BCUT2D eigenvalue weighted by Gasteiger charge is -2.06. The molecule has 0 bridgehead atoms. The van der Waals surface area contributed by atoms with E-state index >= 15 is 0 Å². The third kappa shape index (κ3) is 2.40. The number of benzene rings is 1. The lowest BCUT2D eigenvalue weighted by molar-refractivity contribution is -0.105. The predicted octanol–water partition coefficient (Wildman–Crippen LogP) is 0.747. The van der Waals surface area contributed by atoms with Crippen LogP contribution in [0.2, 0.25) is 0 Å². The summed E-state index contributed by atoms with van der Waals surface area (Å²) in [5.41, 5.74) is 2.42. The first-order valence-electron chi connectivity index (χ1n) is 6.34. The number of imidazole rings is 1. The van der Waals surface area contributed by atoms with Gasteiger partial charge < -0.3 is 14.5 Å². The zero-order valence-corrected chi connectivity index (χ0v) is 11.4. The molecular formula is C14H13N5O2. The number of carbonyl (C=O) groups is 1. The molecule has 0 spiro atoms. The van der Waals surface area contributed by atoms with E-state index in [1.807, 2.05) is 18.2 Å². The fourth-order valence-corrected chi connectivity index (χ4v) is 2.16. The number of anilines is 1. The largest absolute Gasteiger partial charge is 0.329 e. The first-order valence-corrected chi connectivity index (χ1v) is 6.34. The van der Waals surface area contributed by atoms with Crippen molar-refractivity contribution in [3.8, 4) is 0 Å². The minimum Gasteiger partial charge on any atom is -0.329 e. The van der Waals surface area contributed by atoms with Gasteiger partial charge in [-0.25, -0.2) is 9.97 Å². The Bertz CT molecular complexity index is 865. The van der Waals surface area contributed by atoms with Crippen molar-refractivity contribution >= 4 is 23.3 Å². The fraction of sp³-hybridized carbons (Fsp3) is 0.143. The monoisotopic (exact) mass is 283 g/mol. The molecular weight excluding hydrogens is 270 g/mol. The highest BCUT2D eigenvalue weighted by atomic mass is 16.1. The second kappa shape index (κ2) is 5.20. The van der Waals surface area contributed by atoms with Gasteiger partial charge in [0, 0.05) is 12.7 Å². The van der Waals surface area contributed by atoms with Crippen LogP contribution in [0, 0.1) is 0 Å². The average Bonchev–Trinajstić information content (AvgIpc) is 2.87. The number of hydrogen-bond donors (Lipinski definition) is 1. The number of aromatic nitrogens is 4.